The van der Waals surface area contributed by atoms with E-state index in [0.29, 0.717) is 5.82 Å². The summed E-state index contributed by atoms with van der Waals surface area (Å²) in [5.74, 6) is 0.441. The van der Waals surface area contributed by atoms with Crippen LogP contribution in [0.4, 0.5) is 10.6 Å². The minimum atomic E-state index is -0.101. The maximum Gasteiger partial charge on any atom is 0.323 e. The molecule has 1 spiro atoms. The molecule has 2 N–H and O–H groups in total. The molecular formula is C15H24N6O2. The van der Waals surface area contributed by atoms with Gasteiger partial charge in [0.2, 0.25) is 5.91 Å². The van der Waals surface area contributed by atoms with Gasteiger partial charge < -0.3 is 15.1 Å². The third-order valence-electron chi connectivity index (χ3n) is 4.73. The Labute approximate surface area is 135 Å². The van der Waals surface area contributed by atoms with Crippen LogP contribution in [0, 0.1) is 0 Å². The van der Waals surface area contributed by atoms with Crippen molar-refractivity contribution < 1.29 is 9.59 Å². The summed E-state index contributed by atoms with van der Waals surface area (Å²) in [7, 11) is 3.41. The van der Waals surface area contributed by atoms with Crippen LogP contribution in [0.15, 0.2) is 12.3 Å². The van der Waals surface area contributed by atoms with E-state index in [-0.39, 0.29) is 24.0 Å². The second-order valence-electron chi connectivity index (χ2n) is 6.52. The minimum absolute atomic E-state index is 0.0342. The van der Waals surface area contributed by atoms with Crippen LogP contribution in [0.5, 0.6) is 0 Å². The first-order valence-electron chi connectivity index (χ1n) is 8.03. The van der Waals surface area contributed by atoms with Gasteiger partial charge in [-0.25, -0.2) is 4.79 Å². The Balaban J connectivity index is 1.62. The molecule has 8 nitrogen and oxygen atoms in total. The number of urea groups is 1. The zero-order valence-corrected chi connectivity index (χ0v) is 13.7. The van der Waals surface area contributed by atoms with E-state index < -0.39 is 0 Å². The number of hydrogen-bond acceptors (Lipinski definition) is 4. The zero-order valence-electron chi connectivity index (χ0n) is 13.7. The summed E-state index contributed by atoms with van der Waals surface area (Å²) in [6.07, 6.45) is 4.81. The Kier molecular flexibility index (Phi) is 4.25. The van der Waals surface area contributed by atoms with Crippen LogP contribution in [0.1, 0.15) is 19.3 Å². The fraction of sp³-hybridized carbons (Fsp3) is 0.667. The number of aromatic nitrogens is 2. The summed E-state index contributed by atoms with van der Waals surface area (Å²) >= 11 is 0. The van der Waals surface area contributed by atoms with Crippen molar-refractivity contribution in [3.05, 3.63) is 12.3 Å². The van der Waals surface area contributed by atoms with Crippen LogP contribution in [-0.2, 0) is 11.3 Å². The molecule has 23 heavy (non-hydrogen) atoms. The van der Waals surface area contributed by atoms with Crippen LogP contribution in [0.3, 0.4) is 0 Å². The number of carbonyl (C=O) groups is 2. The summed E-state index contributed by atoms with van der Waals surface area (Å²) < 4.78 is 1.54. The maximum absolute atomic E-state index is 12.6. The molecule has 126 valence electrons. The van der Waals surface area contributed by atoms with Crippen molar-refractivity contribution in [2.24, 2.45) is 0 Å². The second kappa shape index (κ2) is 6.19. The van der Waals surface area contributed by atoms with Crippen LogP contribution < -0.4 is 10.6 Å². The smallest absolute Gasteiger partial charge is 0.323 e. The third-order valence-corrected chi connectivity index (χ3v) is 4.73. The summed E-state index contributed by atoms with van der Waals surface area (Å²) in [6.45, 7) is 2.78. The molecule has 2 aliphatic heterocycles. The van der Waals surface area contributed by atoms with E-state index in [0.717, 1.165) is 38.9 Å². The number of amides is 3. The van der Waals surface area contributed by atoms with Gasteiger partial charge in [-0.3, -0.25) is 14.8 Å². The Morgan fingerprint density at radius 3 is 2.96 bits per heavy atom. The number of nitrogens with one attached hydrogen (secondary N) is 2. The summed E-state index contributed by atoms with van der Waals surface area (Å²) in [5, 5.41) is 10.5. The number of anilines is 1. The van der Waals surface area contributed by atoms with Crippen molar-refractivity contribution in [1.82, 2.24) is 24.9 Å². The quantitative estimate of drug-likeness (QED) is 0.841. The first-order chi connectivity index (χ1) is 11.0. The standard InChI is InChI=1S/C15H24N6O2/c1-19(2)13(22)10-20-9-4-12(18-20)17-14(23)21-8-3-5-15(21)6-7-16-11-15/h4,9,16H,3,5-8,10-11H2,1-2H3,(H,17,18,23). The number of rotatable bonds is 3. The topological polar surface area (TPSA) is 82.5 Å². The molecule has 3 amide bonds. The fourth-order valence-electron chi connectivity index (χ4n) is 3.40. The Bertz CT molecular complexity index is 585. The largest absolute Gasteiger partial charge is 0.347 e. The van der Waals surface area contributed by atoms with E-state index in [1.807, 2.05) is 4.90 Å². The van der Waals surface area contributed by atoms with Gasteiger partial charge in [0.25, 0.3) is 0 Å². The number of nitrogens with zero attached hydrogens (tertiary/aromatic N) is 4. The molecule has 1 aromatic heterocycles. The summed E-state index contributed by atoms with van der Waals surface area (Å²) in [5.41, 5.74) is -0.0342. The Morgan fingerprint density at radius 2 is 2.26 bits per heavy atom. The first kappa shape index (κ1) is 15.8. The van der Waals surface area contributed by atoms with Gasteiger partial charge >= 0.3 is 6.03 Å². The zero-order chi connectivity index (χ0) is 16.4. The van der Waals surface area contributed by atoms with Gasteiger partial charge in [0.05, 0.1) is 5.54 Å². The highest BCUT2D eigenvalue weighted by Crippen LogP contribution is 2.34. The van der Waals surface area contributed by atoms with Crippen LogP contribution >= 0.6 is 0 Å². The highest BCUT2D eigenvalue weighted by Gasteiger charge is 2.45. The van der Waals surface area contributed by atoms with Gasteiger partial charge in [-0.1, -0.05) is 0 Å². The molecular weight excluding hydrogens is 296 g/mol. The van der Waals surface area contributed by atoms with Crippen molar-refractivity contribution in [2.75, 3.05) is 39.0 Å². The average Bonchev–Trinajstić information content (AvgIpc) is 3.22. The van der Waals surface area contributed by atoms with Crippen LogP contribution in [0.25, 0.3) is 0 Å². The second-order valence-corrected chi connectivity index (χ2v) is 6.52. The van der Waals surface area contributed by atoms with E-state index in [1.165, 1.54) is 9.58 Å². The van der Waals surface area contributed by atoms with Crippen molar-refractivity contribution in [3.8, 4) is 0 Å². The van der Waals surface area contributed by atoms with Gasteiger partial charge in [-0.05, 0) is 25.8 Å². The molecule has 0 radical (unpaired) electrons. The van der Waals surface area contributed by atoms with E-state index in [9.17, 15) is 9.59 Å². The molecule has 3 rings (SSSR count). The van der Waals surface area contributed by atoms with Gasteiger partial charge in [0.1, 0.15) is 6.54 Å². The average molecular weight is 320 g/mol. The van der Waals surface area contributed by atoms with Crippen molar-refractivity contribution in [1.29, 1.82) is 0 Å². The van der Waals surface area contributed by atoms with Crippen molar-refractivity contribution in [3.63, 3.8) is 0 Å². The van der Waals surface area contributed by atoms with Crippen molar-refractivity contribution in [2.45, 2.75) is 31.3 Å². The first-order valence-corrected chi connectivity index (χ1v) is 8.03. The lowest BCUT2D eigenvalue weighted by atomic mass is 9.95. The maximum atomic E-state index is 12.6. The van der Waals surface area contributed by atoms with Gasteiger partial charge in [-0.2, -0.15) is 5.10 Å². The van der Waals surface area contributed by atoms with Gasteiger partial charge in [-0.15, -0.1) is 0 Å². The predicted octanol–water partition coefficient (Wildman–Crippen LogP) is 0.331. The minimum Gasteiger partial charge on any atom is -0.347 e. The summed E-state index contributed by atoms with van der Waals surface area (Å²) in [4.78, 5) is 27.7. The normalized spacial score (nSPS) is 23.5. The molecule has 0 bridgehead atoms. The van der Waals surface area contributed by atoms with E-state index in [4.69, 9.17) is 0 Å². The molecule has 0 saturated carbocycles. The number of carbonyl (C=O) groups excluding carboxylic acids is 2. The van der Waals surface area contributed by atoms with Gasteiger partial charge in [0.15, 0.2) is 5.82 Å². The number of hydrogen-bond donors (Lipinski definition) is 2. The van der Waals surface area contributed by atoms with E-state index in [2.05, 4.69) is 15.7 Å². The molecule has 2 fully saturated rings. The Hall–Kier alpha value is -2.09. The number of likely N-dealkylation sites (N-methyl/N-ethyl adjacent to an activating group) is 1. The van der Waals surface area contributed by atoms with Crippen molar-refractivity contribution >= 4 is 17.8 Å². The predicted molar refractivity (Wildman–Crippen MR) is 86.1 cm³/mol. The highest BCUT2D eigenvalue weighted by atomic mass is 16.2. The number of likely N-dealkylation sites (tertiary alicyclic amines) is 1. The molecule has 8 heteroatoms. The summed E-state index contributed by atoms with van der Waals surface area (Å²) in [6, 6.07) is 1.62. The van der Waals surface area contributed by atoms with Gasteiger partial charge in [0, 0.05) is 39.4 Å². The Morgan fingerprint density at radius 1 is 1.43 bits per heavy atom. The molecule has 1 atom stereocenters. The lowest BCUT2D eigenvalue weighted by Crippen LogP contribution is -2.50. The monoisotopic (exact) mass is 320 g/mol. The SMILES string of the molecule is CN(C)C(=O)Cn1ccc(NC(=O)N2CCCC23CCNC3)n1. The molecule has 2 aliphatic rings. The highest BCUT2D eigenvalue weighted by molar-refractivity contribution is 5.89. The fourth-order valence-corrected chi connectivity index (χ4v) is 3.40. The molecule has 3 heterocycles. The van der Waals surface area contributed by atoms with E-state index in [1.54, 1.807) is 26.4 Å². The van der Waals surface area contributed by atoms with Crippen LogP contribution in [-0.4, -0.2) is 70.8 Å². The molecule has 0 aliphatic carbocycles. The van der Waals surface area contributed by atoms with Crippen LogP contribution in [0.2, 0.25) is 0 Å². The molecule has 2 saturated heterocycles. The lowest BCUT2D eigenvalue weighted by molar-refractivity contribution is -0.129. The lowest BCUT2D eigenvalue weighted by Gasteiger charge is -2.34. The molecule has 1 unspecified atom stereocenters. The molecule has 1 aromatic rings. The third kappa shape index (κ3) is 3.17. The molecule has 0 aromatic carbocycles. The van der Waals surface area contributed by atoms with E-state index >= 15 is 0 Å².